The van der Waals surface area contributed by atoms with Gasteiger partial charge in [0.15, 0.2) is 9.84 Å². The fourth-order valence-electron chi connectivity index (χ4n) is 15.7. The molecule has 1 aliphatic heterocycles. The first-order chi connectivity index (χ1) is 30.5. The maximum absolute atomic E-state index is 14.4. The number of amides is 2. The summed E-state index contributed by atoms with van der Waals surface area (Å²) in [5.41, 5.74) is 4.58. The summed E-state index contributed by atoms with van der Waals surface area (Å²) in [6.07, 6.45) is 14.0. The lowest BCUT2D eigenvalue weighted by molar-refractivity contribution is -0.226. The van der Waals surface area contributed by atoms with Crippen LogP contribution in [0.5, 0.6) is 0 Å². The quantitative estimate of drug-likeness (QED) is 0.143. The van der Waals surface area contributed by atoms with E-state index in [2.05, 4.69) is 76.0 Å². The molecule has 1 N–H and O–H groups in total. The van der Waals surface area contributed by atoms with Crippen molar-refractivity contribution in [1.82, 2.24) is 14.5 Å². The molecule has 0 unspecified atom stereocenters. The molecule has 0 radical (unpaired) electrons. The molecule has 5 saturated carbocycles. The standard InChI is InChI=1S/C52H77N3O8S2/c1-35(2)39-20-25-52(34-55(29-9-28-54-30-32-64(59,60)33-31-54)45(57)19-18-44(56)53-65(61,62)38-14-15-38)27-26-50(6)41(46(39)52)16-17-43-49(5)23-21-40(36-10-12-37(13-11-36)47(58)63-8)48(3,4)42(49)22-24-51(43,50)7/h10-13,21,38-39,41-43,46H,1,9,14-20,22-34H2,2-8H3,(H,53,56)/t39-,41+,42-,43+,46+,49-,50+,51+,52+/m0/s1. The highest BCUT2D eigenvalue weighted by atomic mass is 32.2. The van der Waals surface area contributed by atoms with Crippen LogP contribution in [-0.4, -0.2) is 101 Å². The maximum atomic E-state index is 14.4. The van der Waals surface area contributed by atoms with E-state index >= 15 is 0 Å². The third kappa shape index (κ3) is 8.72. The van der Waals surface area contributed by atoms with Crippen molar-refractivity contribution in [2.45, 2.75) is 137 Å². The van der Waals surface area contributed by atoms with E-state index in [-0.39, 0.29) is 63.3 Å². The second-order valence-electron chi connectivity index (χ2n) is 23.1. The Kier molecular flexibility index (Phi) is 13.0. The van der Waals surface area contributed by atoms with Crippen LogP contribution >= 0.6 is 0 Å². The number of carbonyl (C=O) groups excluding carboxylic acids is 3. The van der Waals surface area contributed by atoms with E-state index in [9.17, 15) is 31.2 Å². The molecule has 6 aliphatic carbocycles. The molecule has 2 amide bonds. The summed E-state index contributed by atoms with van der Waals surface area (Å²) in [6.45, 7) is 22.4. The van der Waals surface area contributed by atoms with Crippen LogP contribution in [-0.2, 0) is 34.2 Å². The summed E-state index contributed by atoms with van der Waals surface area (Å²) < 4.78 is 56.7. The fraction of sp³-hybridized carbons (Fsp3) is 0.750. The first-order valence-electron chi connectivity index (χ1n) is 24.8. The number of hydrogen-bond donors (Lipinski definition) is 1. The van der Waals surface area contributed by atoms with Gasteiger partial charge in [-0.1, -0.05) is 65.0 Å². The minimum absolute atomic E-state index is 0.0507. The van der Waals surface area contributed by atoms with Gasteiger partial charge in [-0.15, -0.1) is 0 Å². The molecule has 6 fully saturated rings. The molecule has 0 bridgehead atoms. The molecule has 1 aromatic rings. The van der Waals surface area contributed by atoms with Crippen molar-refractivity contribution < 1.29 is 36.0 Å². The van der Waals surface area contributed by atoms with Gasteiger partial charge in [0, 0.05) is 39.0 Å². The fourth-order valence-corrected chi connectivity index (χ4v) is 18.4. The van der Waals surface area contributed by atoms with Crippen molar-refractivity contribution in [3.8, 4) is 0 Å². The lowest BCUT2D eigenvalue weighted by Gasteiger charge is -2.72. The van der Waals surface area contributed by atoms with Gasteiger partial charge in [0.25, 0.3) is 0 Å². The molecule has 8 rings (SSSR count). The molecular weight excluding hydrogens is 859 g/mol. The van der Waals surface area contributed by atoms with Crippen LogP contribution in [0.3, 0.4) is 0 Å². The Morgan fingerprint density at radius 1 is 0.877 bits per heavy atom. The molecule has 1 heterocycles. The van der Waals surface area contributed by atoms with E-state index in [1.54, 1.807) is 0 Å². The number of rotatable bonds is 14. The number of esters is 1. The van der Waals surface area contributed by atoms with E-state index < -0.39 is 31.0 Å². The van der Waals surface area contributed by atoms with Gasteiger partial charge in [0.1, 0.15) is 0 Å². The average Bonchev–Trinajstić information content (AvgIpc) is 4.05. The zero-order valence-electron chi connectivity index (χ0n) is 40.4. The van der Waals surface area contributed by atoms with Gasteiger partial charge in [-0.2, -0.15) is 0 Å². The van der Waals surface area contributed by atoms with Crippen LogP contribution in [0.15, 0.2) is 42.5 Å². The largest absolute Gasteiger partial charge is 0.465 e. The molecule has 0 spiro atoms. The van der Waals surface area contributed by atoms with Crippen molar-refractivity contribution in [2.75, 3.05) is 51.3 Å². The maximum Gasteiger partial charge on any atom is 0.337 e. The molecule has 9 atom stereocenters. The summed E-state index contributed by atoms with van der Waals surface area (Å²) >= 11 is 0. The number of allylic oxidation sites excluding steroid dienone is 3. The van der Waals surface area contributed by atoms with Gasteiger partial charge >= 0.3 is 5.97 Å². The van der Waals surface area contributed by atoms with E-state index in [0.29, 0.717) is 87.1 Å². The number of fused-ring (bicyclic) bond motifs is 7. The normalized spacial score (nSPS) is 36.2. The minimum Gasteiger partial charge on any atom is -0.465 e. The number of carbonyl (C=O) groups is 3. The average molecular weight is 936 g/mol. The molecule has 1 saturated heterocycles. The molecule has 1 aromatic carbocycles. The van der Waals surface area contributed by atoms with Gasteiger partial charge in [0.05, 0.1) is 29.4 Å². The number of nitrogens with one attached hydrogen (secondary N) is 1. The summed E-state index contributed by atoms with van der Waals surface area (Å²) in [4.78, 5) is 43.8. The Labute approximate surface area is 390 Å². The Morgan fingerprint density at radius 3 is 2.22 bits per heavy atom. The van der Waals surface area contributed by atoms with Crippen molar-refractivity contribution in [3.63, 3.8) is 0 Å². The van der Waals surface area contributed by atoms with Crippen molar-refractivity contribution in [1.29, 1.82) is 0 Å². The van der Waals surface area contributed by atoms with Gasteiger partial charge in [-0.3, -0.25) is 14.3 Å². The SMILES string of the molecule is C=C(C)[C@@H]1CC[C@]2(CN(CCCN3CCS(=O)(=O)CC3)C(=O)CCC(=O)NS(=O)(=O)C3CC3)CC[C@]3(C)[C@H](CC[C@@H]4[C@@]5(C)CC=C(c6ccc(C(=O)OC)cc6)C(C)(C)[C@@H]5CC[C@]43C)[C@@H]12. The number of sulfone groups is 1. The first kappa shape index (κ1) is 48.4. The van der Waals surface area contributed by atoms with Gasteiger partial charge < -0.3 is 14.5 Å². The first-order valence-corrected chi connectivity index (χ1v) is 28.2. The van der Waals surface area contributed by atoms with Crippen LogP contribution in [0, 0.1) is 56.7 Å². The lowest BCUT2D eigenvalue weighted by Crippen LogP contribution is -2.66. The third-order valence-electron chi connectivity index (χ3n) is 19.4. The molecular formula is C52H77N3O8S2. The van der Waals surface area contributed by atoms with Gasteiger partial charge in [-0.25, -0.2) is 21.6 Å². The van der Waals surface area contributed by atoms with E-state index in [1.807, 2.05) is 17.0 Å². The summed E-state index contributed by atoms with van der Waals surface area (Å²) in [7, 11) is -5.29. The Morgan fingerprint density at radius 2 is 1.57 bits per heavy atom. The highest BCUT2D eigenvalue weighted by Gasteiger charge is 2.70. The van der Waals surface area contributed by atoms with Gasteiger partial charge in [0.2, 0.25) is 21.8 Å². The van der Waals surface area contributed by atoms with Crippen LogP contribution in [0.1, 0.15) is 147 Å². The number of benzene rings is 1. The van der Waals surface area contributed by atoms with Gasteiger partial charge in [-0.05, 0) is 170 Å². The summed E-state index contributed by atoms with van der Waals surface area (Å²) in [5, 5.41) is -0.514. The second-order valence-corrected chi connectivity index (χ2v) is 27.4. The summed E-state index contributed by atoms with van der Waals surface area (Å²) in [5.74, 6) is 1.54. The molecule has 7 aliphatic rings. The monoisotopic (exact) mass is 936 g/mol. The van der Waals surface area contributed by atoms with Crippen LogP contribution < -0.4 is 4.72 Å². The molecule has 11 nitrogen and oxygen atoms in total. The number of hydrogen-bond acceptors (Lipinski definition) is 9. The number of sulfonamides is 1. The highest BCUT2D eigenvalue weighted by Crippen LogP contribution is 2.77. The zero-order chi connectivity index (χ0) is 47.0. The number of ether oxygens (including phenoxy) is 1. The predicted octanol–water partition coefficient (Wildman–Crippen LogP) is 8.46. The highest BCUT2D eigenvalue weighted by molar-refractivity contribution is 7.91. The number of nitrogens with zero attached hydrogens (tertiary/aromatic N) is 2. The minimum atomic E-state index is -3.70. The second kappa shape index (κ2) is 17.5. The third-order valence-corrected chi connectivity index (χ3v) is 22.9. The van der Waals surface area contributed by atoms with Crippen LogP contribution in [0.25, 0.3) is 5.57 Å². The summed E-state index contributed by atoms with van der Waals surface area (Å²) in [6, 6.07) is 7.96. The Balaban J connectivity index is 1.04. The van der Waals surface area contributed by atoms with Crippen molar-refractivity contribution in [3.05, 3.63) is 53.6 Å². The smallest absolute Gasteiger partial charge is 0.337 e. The van der Waals surface area contributed by atoms with E-state index in [4.69, 9.17) is 4.74 Å². The van der Waals surface area contributed by atoms with Crippen LogP contribution in [0.2, 0.25) is 0 Å². The van der Waals surface area contributed by atoms with Crippen LogP contribution in [0.4, 0.5) is 0 Å². The van der Waals surface area contributed by atoms with E-state index in [0.717, 1.165) is 44.9 Å². The molecule has 0 aromatic heterocycles. The topological polar surface area (TPSA) is 147 Å². The van der Waals surface area contributed by atoms with Crippen molar-refractivity contribution in [2.24, 2.45) is 56.7 Å². The van der Waals surface area contributed by atoms with Crippen molar-refractivity contribution >= 4 is 43.2 Å². The lowest BCUT2D eigenvalue weighted by atomic mass is 9.32. The molecule has 65 heavy (non-hydrogen) atoms. The number of methoxy groups -OCH3 is 1. The molecule has 13 heteroatoms. The zero-order valence-corrected chi connectivity index (χ0v) is 42.0. The Bertz CT molecular complexity index is 2290. The van der Waals surface area contributed by atoms with E-state index in [1.165, 1.54) is 36.7 Å². The molecule has 360 valence electrons. The Hall–Kier alpha value is -3.03. The predicted molar refractivity (Wildman–Crippen MR) is 256 cm³/mol.